The van der Waals surface area contributed by atoms with Crippen molar-refractivity contribution in [3.63, 3.8) is 0 Å². The highest BCUT2D eigenvalue weighted by atomic mass is 32.2. The molecule has 0 radical (unpaired) electrons. The Bertz CT molecular complexity index is 2130. The van der Waals surface area contributed by atoms with Crippen molar-refractivity contribution < 1.29 is 36.7 Å². The van der Waals surface area contributed by atoms with Crippen molar-refractivity contribution >= 4 is 52.0 Å². The van der Waals surface area contributed by atoms with Gasteiger partial charge in [0.15, 0.2) is 5.65 Å². The predicted molar refractivity (Wildman–Crippen MR) is 190 cm³/mol. The number of ether oxygens (including phenoxy) is 3. The van der Waals surface area contributed by atoms with Crippen LogP contribution in [0.3, 0.4) is 0 Å². The van der Waals surface area contributed by atoms with E-state index >= 15 is 0 Å². The van der Waals surface area contributed by atoms with Crippen molar-refractivity contribution in [2.75, 3.05) is 31.4 Å². The first-order chi connectivity index (χ1) is 23.8. The molecule has 0 spiro atoms. The molecule has 1 saturated carbocycles. The molecule has 0 atom stereocenters. The molecule has 264 valence electrons. The molecule has 4 aromatic heterocycles. The van der Waals surface area contributed by atoms with Crippen LogP contribution in [0.5, 0.6) is 17.4 Å². The number of carbonyl (C=O) groups is 1. The molecule has 1 aliphatic carbocycles. The number of nitrogens with zero attached hydrogens (tertiary/aromatic N) is 5. The molecule has 50 heavy (non-hydrogen) atoms. The number of carbonyl (C=O) groups excluding carboxylic acids is 1. The van der Waals surface area contributed by atoms with Gasteiger partial charge in [-0.05, 0) is 48.7 Å². The zero-order valence-corrected chi connectivity index (χ0v) is 30.2. The zero-order valence-electron chi connectivity index (χ0n) is 28.4. The molecular formula is C34H40N6O8SSi. The van der Waals surface area contributed by atoms with E-state index in [0.29, 0.717) is 29.0 Å². The SMILES string of the molecule is C[Si](C)(C)CCOCn1cc(-c2ccc3ncc(O)cc3c2)c2c(OCc3cncc(OCCOS(C)(=O)=O)c3)nc(NC(=O)C3CC3)nc21. The van der Waals surface area contributed by atoms with E-state index in [1.807, 2.05) is 29.0 Å². The van der Waals surface area contributed by atoms with Crippen molar-refractivity contribution in [3.8, 4) is 28.5 Å². The number of rotatable bonds is 16. The van der Waals surface area contributed by atoms with Crippen LogP contribution in [0, 0.1) is 5.92 Å². The van der Waals surface area contributed by atoms with Gasteiger partial charge in [-0.3, -0.25) is 24.3 Å². The van der Waals surface area contributed by atoms with E-state index in [4.69, 9.17) is 23.4 Å². The standard InChI is InChI=1S/C34H40N6O8SSi/c1-49(43,44)48-10-9-46-27-13-22(16-35-18-27)20-47-33-30-28(24-7-8-29-25(14-24)15-26(41)17-36-29)19-40(21-45-11-12-50(2,3)4)31(30)37-34(39-33)38-32(42)23-5-6-23/h7-8,13-19,23,41H,5-6,9-12,20-21H2,1-4H3,(H,37,38,39,42). The van der Waals surface area contributed by atoms with Crippen LogP contribution in [0.4, 0.5) is 5.95 Å². The van der Waals surface area contributed by atoms with Gasteiger partial charge in [0, 0.05) is 49.5 Å². The Kier molecular flexibility index (Phi) is 10.3. The van der Waals surface area contributed by atoms with Crippen molar-refractivity contribution in [2.45, 2.75) is 51.9 Å². The Morgan fingerprint density at radius 1 is 1.04 bits per heavy atom. The van der Waals surface area contributed by atoms with E-state index < -0.39 is 18.2 Å². The van der Waals surface area contributed by atoms with E-state index in [-0.39, 0.29) is 56.0 Å². The van der Waals surface area contributed by atoms with Crippen molar-refractivity contribution in [1.82, 2.24) is 24.5 Å². The molecule has 14 nitrogen and oxygen atoms in total. The minimum absolute atomic E-state index is 0.00554. The van der Waals surface area contributed by atoms with Gasteiger partial charge in [-0.1, -0.05) is 25.7 Å². The minimum Gasteiger partial charge on any atom is -0.506 e. The lowest BCUT2D eigenvalue weighted by molar-refractivity contribution is -0.117. The third kappa shape index (κ3) is 9.32. The first-order valence-electron chi connectivity index (χ1n) is 16.2. The summed E-state index contributed by atoms with van der Waals surface area (Å²) in [5.41, 5.74) is 3.46. The quantitative estimate of drug-likeness (QED) is 0.0761. The van der Waals surface area contributed by atoms with Gasteiger partial charge < -0.3 is 23.9 Å². The molecule has 1 aromatic carbocycles. The second-order valence-corrected chi connectivity index (χ2v) is 20.7. The summed E-state index contributed by atoms with van der Waals surface area (Å²) < 4.78 is 47.3. The smallest absolute Gasteiger partial charge is 0.264 e. The molecule has 4 heterocycles. The molecule has 0 bridgehead atoms. The predicted octanol–water partition coefficient (Wildman–Crippen LogP) is 5.34. The number of aromatic nitrogens is 5. The van der Waals surface area contributed by atoms with Gasteiger partial charge in [0.05, 0.1) is 29.6 Å². The Balaban J connectivity index is 1.36. The maximum atomic E-state index is 12.8. The Morgan fingerprint density at radius 3 is 2.62 bits per heavy atom. The van der Waals surface area contributed by atoms with Crippen molar-refractivity contribution in [3.05, 3.63) is 60.7 Å². The normalized spacial score (nSPS) is 13.5. The summed E-state index contributed by atoms with van der Waals surface area (Å²) in [7, 11) is -4.91. The van der Waals surface area contributed by atoms with Gasteiger partial charge in [-0.15, -0.1) is 0 Å². The van der Waals surface area contributed by atoms with Crippen LogP contribution in [0.25, 0.3) is 33.1 Å². The molecule has 0 unspecified atom stereocenters. The highest BCUT2D eigenvalue weighted by Crippen LogP contribution is 2.38. The van der Waals surface area contributed by atoms with Crippen molar-refractivity contribution in [1.29, 1.82) is 0 Å². The molecule has 16 heteroatoms. The van der Waals surface area contributed by atoms with Crippen LogP contribution < -0.4 is 14.8 Å². The number of nitrogens with one attached hydrogen (secondary N) is 1. The van der Waals surface area contributed by atoms with Crippen LogP contribution in [0.1, 0.15) is 18.4 Å². The van der Waals surface area contributed by atoms with Crippen LogP contribution in [0.2, 0.25) is 25.7 Å². The fraction of sp³-hybridized carbons (Fsp3) is 0.382. The molecule has 0 saturated heterocycles. The number of hydrogen-bond donors (Lipinski definition) is 2. The Hall–Kier alpha value is -4.64. The molecule has 1 aliphatic rings. The molecule has 1 fully saturated rings. The second kappa shape index (κ2) is 14.7. The lowest BCUT2D eigenvalue weighted by Gasteiger charge is -2.16. The largest absolute Gasteiger partial charge is 0.506 e. The number of hydrogen-bond acceptors (Lipinski definition) is 12. The van der Waals surface area contributed by atoms with Crippen LogP contribution in [0.15, 0.2) is 55.1 Å². The van der Waals surface area contributed by atoms with Gasteiger partial charge in [-0.2, -0.15) is 18.4 Å². The van der Waals surface area contributed by atoms with E-state index in [9.17, 15) is 18.3 Å². The van der Waals surface area contributed by atoms with E-state index in [1.165, 1.54) is 12.4 Å². The third-order valence-electron chi connectivity index (χ3n) is 7.87. The van der Waals surface area contributed by atoms with Gasteiger partial charge >= 0.3 is 0 Å². The molecule has 5 aromatic rings. The Labute approximate surface area is 290 Å². The number of aromatic hydroxyl groups is 1. The van der Waals surface area contributed by atoms with Gasteiger partial charge in [0.25, 0.3) is 10.1 Å². The highest BCUT2D eigenvalue weighted by molar-refractivity contribution is 7.85. The number of pyridine rings is 2. The maximum absolute atomic E-state index is 12.8. The number of benzene rings is 1. The number of fused-ring (bicyclic) bond motifs is 2. The first kappa shape index (κ1) is 35.2. The van der Waals surface area contributed by atoms with Crippen molar-refractivity contribution in [2.24, 2.45) is 5.92 Å². The topological polar surface area (TPSA) is 177 Å². The first-order valence-corrected chi connectivity index (χ1v) is 21.8. The zero-order chi connectivity index (χ0) is 35.5. The minimum atomic E-state index is -3.58. The average molecular weight is 721 g/mol. The lowest BCUT2D eigenvalue weighted by atomic mass is 10.0. The van der Waals surface area contributed by atoms with Gasteiger partial charge in [-0.25, -0.2) is 0 Å². The molecular weight excluding hydrogens is 681 g/mol. The average Bonchev–Trinajstić information content (AvgIpc) is 3.85. The monoisotopic (exact) mass is 720 g/mol. The fourth-order valence-electron chi connectivity index (χ4n) is 5.14. The summed E-state index contributed by atoms with van der Waals surface area (Å²) >= 11 is 0. The second-order valence-electron chi connectivity index (χ2n) is 13.5. The van der Waals surface area contributed by atoms with E-state index in [0.717, 1.165) is 47.2 Å². The number of amides is 1. The third-order valence-corrected chi connectivity index (χ3v) is 10.2. The summed E-state index contributed by atoms with van der Waals surface area (Å²) in [6.45, 7) is 7.60. The Morgan fingerprint density at radius 2 is 1.86 bits per heavy atom. The summed E-state index contributed by atoms with van der Waals surface area (Å²) in [5, 5.41) is 14.3. The van der Waals surface area contributed by atoms with Crippen LogP contribution in [-0.4, -0.2) is 78.1 Å². The van der Waals surface area contributed by atoms with E-state index in [2.05, 4.69) is 39.9 Å². The van der Waals surface area contributed by atoms with Gasteiger partial charge in [0.2, 0.25) is 17.7 Å². The van der Waals surface area contributed by atoms with Crippen LogP contribution >= 0.6 is 0 Å². The summed E-state index contributed by atoms with van der Waals surface area (Å²) in [4.78, 5) is 30.9. The fourth-order valence-corrected chi connectivity index (χ4v) is 6.26. The number of anilines is 1. The lowest BCUT2D eigenvalue weighted by Crippen LogP contribution is -2.22. The van der Waals surface area contributed by atoms with Crippen LogP contribution in [-0.2, 0) is 37.2 Å². The van der Waals surface area contributed by atoms with E-state index in [1.54, 1.807) is 18.3 Å². The summed E-state index contributed by atoms with van der Waals surface area (Å²) in [6, 6.07) is 10.1. The highest BCUT2D eigenvalue weighted by Gasteiger charge is 2.31. The van der Waals surface area contributed by atoms with Gasteiger partial charge in [0.1, 0.15) is 38.1 Å². The summed E-state index contributed by atoms with van der Waals surface area (Å²) in [6.07, 6.45) is 9.07. The molecule has 1 amide bonds. The maximum Gasteiger partial charge on any atom is 0.264 e. The molecule has 2 N–H and O–H groups in total. The molecule has 6 rings (SSSR count). The molecule has 0 aliphatic heterocycles. The summed E-state index contributed by atoms with van der Waals surface area (Å²) in [5.74, 6) is 0.605.